The van der Waals surface area contributed by atoms with E-state index >= 15 is 0 Å². The summed E-state index contributed by atoms with van der Waals surface area (Å²) in [6, 6.07) is 18.3. The molecule has 5 nitrogen and oxygen atoms in total. The summed E-state index contributed by atoms with van der Waals surface area (Å²) in [6.07, 6.45) is 0. The van der Waals surface area contributed by atoms with Crippen LogP contribution in [0.25, 0.3) is 11.3 Å². The molecule has 0 unspecified atom stereocenters. The van der Waals surface area contributed by atoms with E-state index in [-0.39, 0.29) is 0 Å². The first kappa shape index (κ1) is 19.3. The van der Waals surface area contributed by atoms with Gasteiger partial charge in [0, 0.05) is 29.2 Å². The molecule has 0 aliphatic carbocycles. The first-order valence-corrected chi connectivity index (χ1v) is 9.67. The second-order valence-corrected chi connectivity index (χ2v) is 7.52. The predicted octanol–water partition coefficient (Wildman–Crippen LogP) is 4.93. The zero-order chi connectivity index (χ0) is 19.2. The van der Waals surface area contributed by atoms with Gasteiger partial charge in [0.2, 0.25) is 5.95 Å². The molecule has 140 valence electrons. The van der Waals surface area contributed by atoms with Crippen LogP contribution >= 0.6 is 15.9 Å². The Balaban J connectivity index is 1.91. The van der Waals surface area contributed by atoms with Gasteiger partial charge in [0.1, 0.15) is 5.82 Å². The van der Waals surface area contributed by atoms with Gasteiger partial charge in [-0.25, -0.2) is 4.98 Å². The quantitative estimate of drug-likeness (QED) is 0.561. The molecule has 0 fully saturated rings. The molecule has 2 N–H and O–H groups in total. The number of rotatable bonds is 7. The van der Waals surface area contributed by atoms with Gasteiger partial charge < -0.3 is 15.5 Å². The molecule has 0 aliphatic heterocycles. The lowest BCUT2D eigenvalue weighted by Gasteiger charge is -2.14. The van der Waals surface area contributed by atoms with Crippen molar-refractivity contribution in [1.29, 1.82) is 0 Å². The lowest BCUT2D eigenvalue weighted by molar-refractivity contribution is 0.425. The number of benzene rings is 2. The number of nitrogens with zero attached hydrogens (tertiary/aromatic N) is 3. The number of aryl methyl sites for hydroxylation is 1. The standard InChI is InChI=1S/C21H24BrN5/c1-15-9-10-18(17(22)13-15)24-20-14-19(16-7-5-4-6-8-16)25-21(26-20)23-11-12-27(2)3/h4-10,13-14H,11-12H2,1-3H3,(H2,23,24,25,26). The largest absolute Gasteiger partial charge is 0.353 e. The van der Waals surface area contributed by atoms with E-state index in [4.69, 9.17) is 0 Å². The summed E-state index contributed by atoms with van der Waals surface area (Å²) in [5.41, 5.74) is 4.11. The van der Waals surface area contributed by atoms with Crippen molar-refractivity contribution in [3.8, 4) is 11.3 Å². The highest BCUT2D eigenvalue weighted by Gasteiger charge is 2.09. The summed E-state index contributed by atoms with van der Waals surface area (Å²) in [6.45, 7) is 3.75. The summed E-state index contributed by atoms with van der Waals surface area (Å²) in [5, 5.41) is 6.72. The van der Waals surface area contributed by atoms with E-state index in [0.717, 1.165) is 40.3 Å². The van der Waals surface area contributed by atoms with Crippen LogP contribution in [0.3, 0.4) is 0 Å². The molecule has 1 heterocycles. The van der Waals surface area contributed by atoms with Crippen LogP contribution in [0, 0.1) is 6.92 Å². The average Bonchev–Trinajstić information content (AvgIpc) is 2.64. The Hall–Kier alpha value is -2.44. The molecule has 0 spiro atoms. The maximum Gasteiger partial charge on any atom is 0.225 e. The van der Waals surface area contributed by atoms with Crippen molar-refractivity contribution in [3.63, 3.8) is 0 Å². The molecule has 0 aliphatic rings. The topological polar surface area (TPSA) is 53.1 Å². The van der Waals surface area contributed by atoms with E-state index in [1.165, 1.54) is 5.56 Å². The fourth-order valence-corrected chi connectivity index (χ4v) is 3.19. The van der Waals surface area contributed by atoms with Crippen LogP contribution in [-0.2, 0) is 0 Å². The predicted molar refractivity (Wildman–Crippen MR) is 117 cm³/mol. The summed E-state index contributed by atoms with van der Waals surface area (Å²) >= 11 is 3.62. The smallest absolute Gasteiger partial charge is 0.225 e. The van der Waals surface area contributed by atoms with Gasteiger partial charge in [-0.3, -0.25) is 0 Å². The molecular weight excluding hydrogens is 402 g/mol. The molecule has 0 saturated carbocycles. The Kier molecular flexibility index (Phi) is 6.42. The Morgan fingerprint density at radius 2 is 1.78 bits per heavy atom. The molecule has 27 heavy (non-hydrogen) atoms. The van der Waals surface area contributed by atoms with Gasteiger partial charge in [-0.15, -0.1) is 0 Å². The molecule has 0 amide bonds. The molecule has 2 aromatic carbocycles. The summed E-state index contributed by atoms with van der Waals surface area (Å²) < 4.78 is 1.00. The lowest BCUT2D eigenvalue weighted by atomic mass is 10.1. The van der Waals surface area contributed by atoms with Gasteiger partial charge >= 0.3 is 0 Å². The molecule has 0 bridgehead atoms. The van der Waals surface area contributed by atoms with E-state index in [1.807, 2.05) is 44.4 Å². The molecule has 3 rings (SSSR count). The monoisotopic (exact) mass is 425 g/mol. The zero-order valence-electron chi connectivity index (χ0n) is 15.8. The third-order valence-electron chi connectivity index (χ3n) is 4.03. The number of likely N-dealkylation sites (N-methyl/N-ethyl adjacent to an activating group) is 1. The van der Waals surface area contributed by atoms with E-state index in [2.05, 4.69) is 72.6 Å². The number of nitrogens with one attached hydrogen (secondary N) is 2. The molecule has 1 aromatic heterocycles. The van der Waals surface area contributed by atoms with Crippen molar-refractivity contribution in [2.24, 2.45) is 0 Å². The van der Waals surface area contributed by atoms with Crippen LogP contribution in [0.5, 0.6) is 0 Å². The minimum Gasteiger partial charge on any atom is -0.353 e. The van der Waals surface area contributed by atoms with Gasteiger partial charge in [-0.05, 0) is 54.6 Å². The van der Waals surface area contributed by atoms with Crippen LogP contribution < -0.4 is 10.6 Å². The summed E-state index contributed by atoms with van der Waals surface area (Å²) in [5.74, 6) is 1.37. The molecular formula is C21H24BrN5. The SMILES string of the molecule is Cc1ccc(Nc2cc(-c3ccccc3)nc(NCCN(C)C)n2)c(Br)c1. The highest BCUT2D eigenvalue weighted by molar-refractivity contribution is 9.10. The van der Waals surface area contributed by atoms with Crippen LogP contribution in [0.1, 0.15) is 5.56 Å². The third kappa shape index (κ3) is 5.52. The van der Waals surface area contributed by atoms with Crippen molar-refractivity contribution >= 4 is 33.4 Å². The number of aromatic nitrogens is 2. The fraction of sp³-hybridized carbons (Fsp3) is 0.238. The minimum atomic E-state index is 0.615. The molecule has 6 heteroatoms. The Labute approximate surface area is 169 Å². The summed E-state index contributed by atoms with van der Waals surface area (Å²) in [7, 11) is 4.09. The third-order valence-corrected chi connectivity index (χ3v) is 4.68. The first-order valence-electron chi connectivity index (χ1n) is 8.87. The maximum absolute atomic E-state index is 4.69. The molecule has 0 radical (unpaired) electrons. The van der Waals surface area contributed by atoms with Crippen molar-refractivity contribution in [3.05, 3.63) is 64.6 Å². The highest BCUT2D eigenvalue weighted by Crippen LogP contribution is 2.28. The van der Waals surface area contributed by atoms with Crippen LogP contribution in [0.4, 0.5) is 17.5 Å². The number of halogens is 1. The zero-order valence-corrected chi connectivity index (χ0v) is 17.4. The van der Waals surface area contributed by atoms with Crippen molar-refractivity contribution in [2.75, 3.05) is 37.8 Å². The normalized spacial score (nSPS) is 10.9. The van der Waals surface area contributed by atoms with Gasteiger partial charge in [0.25, 0.3) is 0 Å². The number of hydrogen-bond donors (Lipinski definition) is 2. The Bertz CT molecular complexity index is 896. The summed E-state index contributed by atoms with van der Waals surface area (Å²) in [4.78, 5) is 11.4. The maximum atomic E-state index is 4.69. The highest BCUT2D eigenvalue weighted by atomic mass is 79.9. The lowest BCUT2D eigenvalue weighted by Crippen LogP contribution is -2.21. The number of hydrogen-bond acceptors (Lipinski definition) is 5. The Morgan fingerprint density at radius 3 is 2.48 bits per heavy atom. The van der Waals surface area contributed by atoms with Crippen molar-refractivity contribution in [2.45, 2.75) is 6.92 Å². The molecule has 3 aromatic rings. The number of anilines is 3. The van der Waals surface area contributed by atoms with Gasteiger partial charge in [-0.1, -0.05) is 36.4 Å². The van der Waals surface area contributed by atoms with E-state index < -0.39 is 0 Å². The van der Waals surface area contributed by atoms with Crippen LogP contribution in [-0.4, -0.2) is 42.1 Å². The van der Waals surface area contributed by atoms with E-state index in [0.29, 0.717) is 5.95 Å². The van der Waals surface area contributed by atoms with Gasteiger partial charge in [0.15, 0.2) is 0 Å². The minimum absolute atomic E-state index is 0.615. The van der Waals surface area contributed by atoms with Crippen LogP contribution in [0.2, 0.25) is 0 Å². The molecule has 0 saturated heterocycles. The van der Waals surface area contributed by atoms with Crippen molar-refractivity contribution < 1.29 is 0 Å². The fourth-order valence-electron chi connectivity index (χ4n) is 2.60. The van der Waals surface area contributed by atoms with Gasteiger partial charge in [0.05, 0.1) is 11.4 Å². The van der Waals surface area contributed by atoms with E-state index in [1.54, 1.807) is 0 Å². The molecule has 0 atom stereocenters. The van der Waals surface area contributed by atoms with E-state index in [9.17, 15) is 0 Å². The Morgan fingerprint density at radius 1 is 1.00 bits per heavy atom. The van der Waals surface area contributed by atoms with Gasteiger partial charge in [-0.2, -0.15) is 4.98 Å². The van der Waals surface area contributed by atoms with Crippen LogP contribution in [0.15, 0.2) is 59.1 Å². The van der Waals surface area contributed by atoms with Crippen molar-refractivity contribution in [1.82, 2.24) is 14.9 Å². The second kappa shape index (κ2) is 8.97. The first-order chi connectivity index (χ1) is 13.0. The second-order valence-electron chi connectivity index (χ2n) is 6.67. The average molecular weight is 426 g/mol.